The minimum Gasteiger partial charge on any atom is -0.324 e. The first-order valence-electron chi connectivity index (χ1n) is 7.17. The maximum absolute atomic E-state index is 13.9. The third-order valence-corrected chi connectivity index (χ3v) is 5.21. The summed E-state index contributed by atoms with van der Waals surface area (Å²) in [6.45, 7) is 0. The Labute approximate surface area is 146 Å². The van der Waals surface area contributed by atoms with Gasteiger partial charge in [-0.25, -0.2) is 26.3 Å². The predicted octanol–water partition coefficient (Wildman–Crippen LogP) is 2.16. The first-order valence-corrected chi connectivity index (χ1v) is 8.66. The Hall–Kier alpha value is -2.50. The van der Waals surface area contributed by atoms with Gasteiger partial charge in [-0.15, -0.1) is 0 Å². The molecule has 0 aromatic heterocycles. The van der Waals surface area contributed by atoms with E-state index < -0.39 is 44.1 Å². The Balaban J connectivity index is 2.52. The number of sulfonamides is 1. The van der Waals surface area contributed by atoms with E-state index in [9.17, 15) is 31.7 Å². The van der Waals surface area contributed by atoms with E-state index in [1.807, 2.05) is 0 Å². The molecule has 0 radical (unpaired) electrons. The molecule has 140 valence electrons. The monoisotopic (exact) mass is 389 g/mol. The molecule has 0 unspecified atom stereocenters. The van der Waals surface area contributed by atoms with Crippen molar-refractivity contribution < 1.29 is 26.5 Å². The van der Waals surface area contributed by atoms with Gasteiger partial charge in [-0.05, 0) is 31.2 Å². The summed E-state index contributed by atoms with van der Waals surface area (Å²) in [7, 11) is -2.83. The Morgan fingerprint density at radius 2 is 1.77 bits per heavy atom. The van der Waals surface area contributed by atoms with Crippen LogP contribution in [0.25, 0.3) is 0 Å². The summed E-state index contributed by atoms with van der Waals surface area (Å²) < 4.78 is 66.5. The van der Waals surface area contributed by atoms with E-state index in [0.717, 1.165) is 25.2 Å². The number of hydrogen-bond donors (Lipinski definition) is 2. The molecule has 0 fully saturated rings. The molecule has 0 amide bonds. The van der Waals surface area contributed by atoms with Crippen molar-refractivity contribution in [2.75, 3.05) is 7.05 Å². The standard InChI is InChI=1S/C15H14F3N3O4S/c1-20-26(24,25)15-3-2-9(21(22)23)4-8(15)5-14(19)10-6-12(17)13(18)7-11(10)16/h2-4,6-7,14,20H,5,19H2,1H3/t14-/m0/s1. The summed E-state index contributed by atoms with van der Waals surface area (Å²) in [4.78, 5) is 9.91. The van der Waals surface area contributed by atoms with E-state index in [-0.39, 0.29) is 22.4 Å². The van der Waals surface area contributed by atoms with Crippen molar-refractivity contribution in [3.63, 3.8) is 0 Å². The van der Waals surface area contributed by atoms with Crippen LogP contribution in [0.4, 0.5) is 18.9 Å². The van der Waals surface area contributed by atoms with Crippen LogP contribution in [-0.4, -0.2) is 20.4 Å². The number of non-ortho nitro benzene ring substituents is 1. The molecule has 0 aliphatic carbocycles. The molecule has 0 aliphatic heterocycles. The van der Waals surface area contributed by atoms with Crippen LogP contribution in [0.3, 0.4) is 0 Å². The number of nitrogens with one attached hydrogen (secondary N) is 1. The lowest BCUT2D eigenvalue weighted by Gasteiger charge is -2.16. The topological polar surface area (TPSA) is 115 Å². The SMILES string of the molecule is CNS(=O)(=O)c1ccc([N+](=O)[O-])cc1C[C@H](N)c1cc(F)c(F)cc1F. The molecule has 7 nitrogen and oxygen atoms in total. The van der Waals surface area contributed by atoms with Gasteiger partial charge in [0.1, 0.15) is 5.82 Å². The van der Waals surface area contributed by atoms with Crippen molar-refractivity contribution in [3.05, 3.63) is 69.0 Å². The first-order chi connectivity index (χ1) is 12.1. The molecule has 0 bridgehead atoms. The highest BCUT2D eigenvalue weighted by atomic mass is 32.2. The summed E-state index contributed by atoms with van der Waals surface area (Å²) in [6.07, 6.45) is -0.361. The van der Waals surface area contributed by atoms with E-state index in [2.05, 4.69) is 4.72 Å². The quantitative estimate of drug-likeness (QED) is 0.446. The fourth-order valence-corrected chi connectivity index (χ4v) is 3.33. The van der Waals surface area contributed by atoms with Gasteiger partial charge in [0.15, 0.2) is 11.6 Å². The highest BCUT2D eigenvalue weighted by molar-refractivity contribution is 7.89. The lowest BCUT2D eigenvalue weighted by molar-refractivity contribution is -0.385. The van der Waals surface area contributed by atoms with Crippen LogP contribution in [0.1, 0.15) is 17.2 Å². The maximum atomic E-state index is 13.9. The van der Waals surface area contributed by atoms with Crippen LogP contribution in [0, 0.1) is 27.6 Å². The third-order valence-electron chi connectivity index (χ3n) is 3.69. The second kappa shape index (κ2) is 7.40. The van der Waals surface area contributed by atoms with Gasteiger partial charge < -0.3 is 5.73 Å². The van der Waals surface area contributed by atoms with E-state index >= 15 is 0 Å². The normalized spacial score (nSPS) is 12.8. The zero-order valence-electron chi connectivity index (χ0n) is 13.4. The molecule has 0 saturated carbocycles. The van der Waals surface area contributed by atoms with Crippen LogP contribution in [0.15, 0.2) is 35.2 Å². The van der Waals surface area contributed by atoms with Crippen molar-refractivity contribution in [1.82, 2.24) is 4.72 Å². The van der Waals surface area contributed by atoms with Gasteiger partial charge in [-0.3, -0.25) is 10.1 Å². The average Bonchev–Trinajstić information content (AvgIpc) is 2.57. The number of benzene rings is 2. The highest BCUT2D eigenvalue weighted by Gasteiger charge is 2.23. The Kier molecular flexibility index (Phi) is 5.64. The average molecular weight is 389 g/mol. The fraction of sp³-hybridized carbons (Fsp3) is 0.200. The molecule has 0 heterocycles. The molecular formula is C15H14F3N3O4S. The fourth-order valence-electron chi connectivity index (χ4n) is 2.38. The maximum Gasteiger partial charge on any atom is 0.269 e. The van der Waals surface area contributed by atoms with Crippen LogP contribution in [-0.2, 0) is 16.4 Å². The van der Waals surface area contributed by atoms with E-state index in [1.54, 1.807) is 0 Å². The number of halogens is 3. The first kappa shape index (κ1) is 19.8. The number of nitrogens with two attached hydrogens (primary N) is 1. The van der Waals surface area contributed by atoms with Crippen LogP contribution in [0.2, 0.25) is 0 Å². The van der Waals surface area contributed by atoms with E-state index in [4.69, 9.17) is 5.73 Å². The second-order valence-corrected chi connectivity index (χ2v) is 7.21. The molecular weight excluding hydrogens is 375 g/mol. The Morgan fingerprint density at radius 1 is 1.15 bits per heavy atom. The third kappa shape index (κ3) is 4.00. The van der Waals surface area contributed by atoms with Gasteiger partial charge in [0.25, 0.3) is 5.69 Å². The lowest BCUT2D eigenvalue weighted by atomic mass is 9.98. The van der Waals surface area contributed by atoms with Crippen molar-refractivity contribution in [2.45, 2.75) is 17.4 Å². The Morgan fingerprint density at radius 3 is 2.35 bits per heavy atom. The van der Waals surface area contributed by atoms with Gasteiger partial charge in [-0.2, -0.15) is 0 Å². The molecule has 2 rings (SSSR count). The molecule has 0 aliphatic rings. The summed E-state index contributed by atoms with van der Waals surface area (Å²) in [5.41, 5.74) is 4.97. The molecule has 0 saturated heterocycles. The molecule has 11 heteroatoms. The van der Waals surface area contributed by atoms with Gasteiger partial charge >= 0.3 is 0 Å². The van der Waals surface area contributed by atoms with Crippen LogP contribution >= 0.6 is 0 Å². The molecule has 2 aromatic rings. The van der Waals surface area contributed by atoms with Crippen LogP contribution < -0.4 is 10.5 Å². The van der Waals surface area contributed by atoms with Crippen molar-refractivity contribution >= 4 is 15.7 Å². The Bertz CT molecular complexity index is 967. The minimum absolute atomic E-state index is 0.0646. The summed E-state index contributed by atoms with van der Waals surface area (Å²) in [5.74, 6) is -3.83. The van der Waals surface area contributed by atoms with Crippen molar-refractivity contribution in [1.29, 1.82) is 0 Å². The number of rotatable bonds is 6. The number of hydrogen-bond acceptors (Lipinski definition) is 5. The van der Waals surface area contributed by atoms with E-state index in [1.165, 1.54) is 0 Å². The molecule has 2 aromatic carbocycles. The van der Waals surface area contributed by atoms with Crippen molar-refractivity contribution in [3.8, 4) is 0 Å². The van der Waals surface area contributed by atoms with Gasteiger partial charge in [-0.1, -0.05) is 0 Å². The summed E-state index contributed by atoms with van der Waals surface area (Å²) >= 11 is 0. The number of nitro groups is 1. The second-order valence-electron chi connectivity index (χ2n) is 5.36. The predicted molar refractivity (Wildman–Crippen MR) is 86.3 cm³/mol. The van der Waals surface area contributed by atoms with Gasteiger partial charge in [0, 0.05) is 29.8 Å². The van der Waals surface area contributed by atoms with Gasteiger partial charge in [0.2, 0.25) is 10.0 Å². The molecule has 3 N–H and O–H groups in total. The lowest BCUT2D eigenvalue weighted by Crippen LogP contribution is -2.22. The summed E-state index contributed by atoms with van der Waals surface area (Å²) in [6, 6.07) is 2.63. The number of nitro benzene ring substituents is 1. The largest absolute Gasteiger partial charge is 0.324 e. The molecule has 0 spiro atoms. The highest BCUT2D eigenvalue weighted by Crippen LogP contribution is 2.27. The summed E-state index contributed by atoms with van der Waals surface area (Å²) in [5, 5.41) is 10.9. The van der Waals surface area contributed by atoms with E-state index in [0.29, 0.717) is 12.1 Å². The van der Waals surface area contributed by atoms with Gasteiger partial charge in [0.05, 0.1) is 9.82 Å². The zero-order chi connectivity index (χ0) is 19.6. The minimum atomic E-state index is -3.98. The van der Waals surface area contributed by atoms with Crippen molar-refractivity contribution in [2.24, 2.45) is 5.73 Å². The van der Waals surface area contributed by atoms with Crippen LogP contribution in [0.5, 0.6) is 0 Å². The molecule has 1 atom stereocenters. The molecule has 26 heavy (non-hydrogen) atoms. The zero-order valence-corrected chi connectivity index (χ0v) is 14.2. The number of nitrogens with zero attached hydrogens (tertiary/aromatic N) is 1. The smallest absolute Gasteiger partial charge is 0.269 e.